The van der Waals surface area contributed by atoms with Crippen molar-refractivity contribution in [1.29, 1.82) is 0 Å². The topological polar surface area (TPSA) is 52.1 Å². The molecule has 1 aliphatic rings. The maximum atomic E-state index is 11.8. The van der Waals surface area contributed by atoms with Gasteiger partial charge in [-0.05, 0) is 25.7 Å². The van der Waals surface area contributed by atoms with Gasteiger partial charge < -0.3 is 4.74 Å². The lowest BCUT2D eigenvalue weighted by atomic mass is 10.1. The van der Waals surface area contributed by atoms with Crippen LogP contribution in [0.5, 0.6) is 0 Å². The van der Waals surface area contributed by atoms with Gasteiger partial charge in [0.25, 0.3) is 0 Å². The van der Waals surface area contributed by atoms with Gasteiger partial charge in [0.05, 0.1) is 17.8 Å². The summed E-state index contributed by atoms with van der Waals surface area (Å²) in [6, 6.07) is 0. The van der Waals surface area contributed by atoms with Gasteiger partial charge in [-0.25, -0.2) is 14.8 Å². The zero-order chi connectivity index (χ0) is 12.3. The number of rotatable bonds is 3. The highest BCUT2D eigenvalue weighted by Gasteiger charge is 2.19. The van der Waals surface area contributed by atoms with Crippen LogP contribution in [-0.4, -0.2) is 22.5 Å². The minimum absolute atomic E-state index is 0.164. The Morgan fingerprint density at radius 1 is 1.53 bits per heavy atom. The monoisotopic (exact) mass is 254 g/mol. The van der Waals surface area contributed by atoms with E-state index in [1.54, 1.807) is 6.92 Å². The largest absolute Gasteiger partial charge is 0.461 e. The number of nitrogens with zero attached hydrogens (tertiary/aromatic N) is 2. The molecule has 5 heteroatoms. The average Bonchev–Trinajstić information content (AvgIpc) is 2.82. The van der Waals surface area contributed by atoms with E-state index in [0.29, 0.717) is 18.3 Å². The molecule has 0 spiro atoms. The molecule has 17 heavy (non-hydrogen) atoms. The molecule has 2 rings (SSSR count). The molecule has 0 radical (unpaired) electrons. The second-order valence-electron chi connectivity index (χ2n) is 4.36. The number of ether oxygens (including phenoxy) is 1. The smallest absolute Gasteiger partial charge is 0.358 e. The van der Waals surface area contributed by atoms with Gasteiger partial charge in [-0.1, -0.05) is 24.4 Å². The highest BCUT2D eigenvalue weighted by Crippen LogP contribution is 2.25. The van der Waals surface area contributed by atoms with E-state index in [9.17, 15) is 4.79 Å². The summed E-state index contributed by atoms with van der Waals surface area (Å²) in [6.45, 7) is 2.18. The predicted molar refractivity (Wildman–Crippen MR) is 64.0 cm³/mol. The minimum Gasteiger partial charge on any atom is -0.461 e. The lowest BCUT2D eigenvalue weighted by Gasteiger charge is -2.10. The first-order chi connectivity index (χ1) is 8.16. The van der Waals surface area contributed by atoms with E-state index in [1.807, 2.05) is 0 Å². The van der Waals surface area contributed by atoms with Gasteiger partial charge >= 0.3 is 5.97 Å². The third-order valence-electron chi connectivity index (χ3n) is 2.98. The van der Waals surface area contributed by atoms with E-state index in [0.717, 1.165) is 12.8 Å². The number of aromatic nitrogens is 2. The lowest BCUT2D eigenvalue weighted by molar-refractivity contribution is 0.0435. The normalized spacial score (nSPS) is 16.1. The van der Waals surface area contributed by atoms with E-state index in [4.69, 9.17) is 16.3 Å². The molecule has 1 aromatic heterocycles. The molecule has 0 aliphatic heterocycles. The van der Waals surface area contributed by atoms with E-state index >= 15 is 0 Å². The predicted octanol–water partition coefficient (Wildman–Crippen LogP) is 2.79. The number of esters is 1. The Bertz CT molecular complexity index is 417. The van der Waals surface area contributed by atoms with E-state index in [1.165, 1.54) is 19.0 Å². The molecular formula is C12H15ClN2O2. The zero-order valence-electron chi connectivity index (χ0n) is 9.78. The van der Waals surface area contributed by atoms with Crippen LogP contribution >= 0.6 is 11.6 Å². The fraction of sp³-hybridized carbons (Fsp3) is 0.583. The van der Waals surface area contributed by atoms with E-state index < -0.39 is 5.97 Å². The second kappa shape index (κ2) is 5.45. The van der Waals surface area contributed by atoms with Crippen molar-refractivity contribution >= 4 is 17.6 Å². The van der Waals surface area contributed by atoms with Crippen LogP contribution in [0.1, 0.15) is 42.0 Å². The first-order valence-electron chi connectivity index (χ1n) is 5.83. The second-order valence-corrected chi connectivity index (χ2v) is 4.77. The highest BCUT2D eigenvalue weighted by atomic mass is 35.5. The molecule has 0 amide bonds. The molecule has 0 saturated heterocycles. The van der Waals surface area contributed by atoms with Gasteiger partial charge in [-0.3, -0.25) is 0 Å². The molecule has 0 N–H and O–H groups in total. The lowest BCUT2D eigenvalue weighted by Crippen LogP contribution is -2.14. The fourth-order valence-electron chi connectivity index (χ4n) is 2.04. The van der Waals surface area contributed by atoms with Crippen molar-refractivity contribution in [3.8, 4) is 0 Å². The molecule has 1 heterocycles. The van der Waals surface area contributed by atoms with Crippen molar-refractivity contribution in [3.05, 3.63) is 22.7 Å². The van der Waals surface area contributed by atoms with Crippen LogP contribution in [0.3, 0.4) is 0 Å². The molecular weight excluding hydrogens is 240 g/mol. The number of halogens is 1. The molecule has 0 bridgehead atoms. The summed E-state index contributed by atoms with van der Waals surface area (Å²) in [4.78, 5) is 19.7. The summed E-state index contributed by atoms with van der Waals surface area (Å²) in [6.07, 6.45) is 6.18. The van der Waals surface area contributed by atoms with Crippen LogP contribution in [-0.2, 0) is 4.74 Å². The van der Waals surface area contributed by atoms with Crippen molar-refractivity contribution in [2.75, 3.05) is 6.61 Å². The molecule has 1 saturated carbocycles. The summed E-state index contributed by atoms with van der Waals surface area (Å²) in [5, 5.41) is 0.243. The number of hydrogen-bond donors (Lipinski definition) is 0. The first-order valence-corrected chi connectivity index (χ1v) is 6.21. The molecule has 0 aromatic carbocycles. The van der Waals surface area contributed by atoms with Crippen molar-refractivity contribution in [2.45, 2.75) is 32.6 Å². The SMILES string of the molecule is Cc1ncc(Cl)c(C(=O)OCC2CCCC2)n1. The Kier molecular flexibility index (Phi) is 3.94. The van der Waals surface area contributed by atoms with E-state index in [-0.39, 0.29) is 10.7 Å². The summed E-state index contributed by atoms with van der Waals surface area (Å²) >= 11 is 5.86. The van der Waals surface area contributed by atoms with Gasteiger partial charge in [0.1, 0.15) is 5.82 Å². The quantitative estimate of drug-likeness (QED) is 0.779. The van der Waals surface area contributed by atoms with Crippen molar-refractivity contribution in [2.24, 2.45) is 5.92 Å². The third kappa shape index (κ3) is 3.16. The maximum absolute atomic E-state index is 11.8. The van der Waals surface area contributed by atoms with Crippen molar-refractivity contribution in [1.82, 2.24) is 9.97 Å². The summed E-state index contributed by atoms with van der Waals surface area (Å²) in [5.74, 6) is 0.565. The van der Waals surface area contributed by atoms with Gasteiger partial charge in [0.2, 0.25) is 0 Å². The Hall–Kier alpha value is -1.16. The maximum Gasteiger partial charge on any atom is 0.358 e. The Balaban J connectivity index is 1.96. The number of carbonyl (C=O) groups is 1. The van der Waals surface area contributed by atoms with Crippen LogP contribution in [0.2, 0.25) is 5.02 Å². The summed E-state index contributed by atoms with van der Waals surface area (Å²) in [7, 11) is 0. The van der Waals surface area contributed by atoms with Gasteiger partial charge in [0.15, 0.2) is 5.69 Å². The van der Waals surface area contributed by atoms with Gasteiger partial charge in [-0.15, -0.1) is 0 Å². The average molecular weight is 255 g/mol. The molecule has 1 fully saturated rings. The highest BCUT2D eigenvalue weighted by molar-refractivity contribution is 6.33. The molecule has 0 atom stereocenters. The zero-order valence-corrected chi connectivity index (χ0v) is 10.5. The van der Waals surface area contributed by atoms with Crippen LogP contribution in [0, 0.1) is 12.8 Å². The van der Waals surface area contributed by atoms with E-state index in [2.05, 4.69) is 9.97 Å². The summed E-state index contributed by atoms with van der Waals surface area (Å²) in [5.41, 5.74) is 0.164. The van der Waals surface area contributed by atoms with Crippen LogP contribution in [0.15, 0.2) is 6.20 Å². The summed E-state index contributed by atoms with van der Waals surface area (Å²) < 4.78 is 5.23. The third-order valence-corrected chi connectivity index (χ3v) is 3.26. The molecule has 1 aromatic rings. The van der Waals surface area contributed by atoms with Crippen LogP contribution < -0.4 is 0 Å². The number of carbonyl (C=O) groups excluding carboxylic acids is 1. The van der Waals surface area contributed by atoms with Crippen molar-refractivity contribution in [3.63, 3.8) is 0 Å². The first kappa shape index (κ1) is 12.3. The Morgan fingerprint density at radius 2 is 2.24 bits per heavy atom. The van der Waals surface area contributed by atoms with Crippen LogP contribution in [0.25, 0.3) is 0 Å². The Labute approximate surface area is 105 Å². The molecule has 92 valence electrons. The molecule has 0 unspecified atom stereocenters. The van der Waals surface area contributed by atoms with Gasteiger partial charge in [0, 0.05) is 0 Å². The van der Waals surface area contributed by atoms with Crippen LogP contribution in [0.4, 0.5) is 0 Å². The van der Waals surface area contributed by atoms with Gasteiger partial charge in [-0.2, -0.15) is 0 Å². The fourth-order valence-corrected chi connectivity index (χ4v) is 2.21. The molecule has 1 aliphatic carbocycles. The van der Waals surface area contributed by atoms with Crippen molar-refractivity contribution < 1.29 is 9.53 Å². The number of hydrogen-bond acceptors (Lipinski definition) is 4. The Morgan fingerprint density at radius 3 is 2.94 bits per heavy atom. The minimum atomic E-state index is -0.451. The number of aryl methyl sites for hydroxylation is 1. The standard InChI is InChI=1S/C12H15ClN2O2/c1-8-14-6-10(13)11(15-8)12(16)17-7-9-4-2-3-5-9/h6,9H,2-5,7H2,1H3. The molecule has 4 nitrogen and oxygen atoms in total.